The van der Waals surface area contributed by atoms with E-state index in [-0.39, 0.29) is 11.9 Å². The van der Waals surface area contributed by atoms with Gasteiger partial charge in [-0.15, -0.1) is 0 Å². The van der Waals surface area contributed by atoms with Gasteiger partial charge in [0.05, 0.1) is 0 Å². The maximum Gasteiger partial charge on any atom is 0.242 e. The number of nitrogens with zero attached hydrogens (tertiary/aromatic N) is 1. The zero-order valence-electron chi connectivity index (χ0n) is 10.6. The van der Waals surface area contributed by atoms with E-state index in [0.29, 0.717) is 6.04 Å². The summed E-state index contributed by atoms with van der Waals surface area (Å²) in [4.78, 5) is 14.7. The van der Waals surface area contributed by atoms with Crippen LogP contribution in [0.25, 0.3) is 0 Å². The SMILES string of the molecule is O=C(NC1CC1)[C@@H](c1ccccc1)N1CCCC1. The first kappa shape index (κ1) is 11.7. The van der Waals surface area contributed by atoms with Gasteiger partial charge in [0.1, 0.15) is 6.04 Å². The molecule has 1 heterocycles. The number of carbonyl (C=O) groups is 1. The molecule has 3 heteroatoms. The number of hydrogen-bond acceptors (Lipinski definition) is 2. The maximum absolute atomic E-state index is 12.4. The van der Waals surface area contributed by atoms with E-state index < -0.39 is 0 Å². The van der Waals surface area contributed by atoms with Gasteiger partial charge < -0.3 is 5.32 Å². The number of benzene rings is 1. The molecule has 1 saturated heterocycles. The minimum atomic E-state index is -0.0886. The second-order valence-electron chi connectivity index (χ2n) is 5.34. The number of nitrogens with one attached hydrogen (secondary N) is 1. The Labute approximate surface area is 108 Å². The van der Waals surface area contributed by atoms with Crippen LogP contribution in [-0.4, -0.2) is 29.9 Å². The van der Waals surface area contributed by atoms with Crippen molar-refractivity contribution in [2.24, 2.45) is 0 Å². The van der Waals surface area contributed by atoms with Crippen molar-refractivity contribution in [2.75, 3.05) is 13.1 Å². The van der Waals surface area contributed by atoms with Crippen LogP contribution in [0.4, 0.5) is 0 Å². The number of rotatable bonds is 4. The van der Waals surface area contributed by atoms with E-state index in [9.17, 15) is 4.79 Å². The van der Waals surface area contributed by atoms with Crippen LogP contribution >= 0.6 is 0 Å². The Hall–Kier alpha value is -1.35. The molecule has 1 saturated carbocycles. The van der Waals surface area contributed by atoms with Gasteiger partial charge in [0.15, 0.2) is 0 Å². The minimum Gasteiger partial charge on any atom is -0.352 e. The molecule has 0 spiro atoms. The lowest BCUT2D eigenvalue weighted by atomic mass is 10.0. The Morgan fingerprint density at radius 1 is 1.17 bits per heavy atom. The number of hydrogen-bond donors (Lipinski definition) is 1. The summed E-state index contributed by atoms with van der Waals surface area (Å²) in [5, 5.41) is 3.15. The molecule has 1 amide bonds. The largest absolute Gasteiger partial charge is 0.352 e. The normalized spacial score (nSPS) is 21.8. The maximum atomic E-state index is 12.4. The van der Waals surface area contributed by atoms with Gasteiger partial charge in [-0.25, -0.2) is 0 Å². The van der Waals surface area contributed by atoms with Crippen LogP contribution in [0, 0.1) is 0 Å². The van der Waals surface area contributed by atoms with Gasteiger partial charge in [-0.1, -0.05) is 30.3 Å². The molecule has 1 aliphatic heterocycles. The van der Waals surface area contributed by atoms with Crippen molar-refractivity contribution in [1.82, 2.24) is 10.2 Å². The van der Waals surface area contributed by atoms with Crippen molar-refractivity contribution in [3.63, 3.8) is 0 Å². The first-order chi connectivity index (χ1) is 8.84. The average molecular weight is 244 g/mol. The molecule has 3 rings (SSSR count). The molecule has 1 aromatic rings. The van der Waals surface area contributed by atoms with Crippen LogP contribution in [0.5, 0.6) is 0 Å². The number of amides is 1. The first-order valence-corrected chi connectivity index (χ1v) is 6.94. The molecule has 0 aromatic heterocycles. The highest BCUT2D eigenvalue weighted by atomic mass is 16.2. The quantitative estimate of drug-likeness (QED) is 0.879. The van der Waals surface area contributed by atoms with E-state index in [1.807, 2.05) is 18.2 Å². The van der Waals surface area contributed by atoms with Crippen molar-refractivity contribution in [1.29, 1.82) is 0 Å². The Balaban J connectivity index is 1.80. The van der Waals surface area contributed by atoms with Crippen molar-refractivity contribution in [3.05, 3.63) is 35.9 Å². The highest BCUT2D eigenvalue weighted by Gasteiger charge is 2.33. The van der Waals surface area contributed by atoms with Gasteiger partial charge in [0, 0.05) is 6.04 Å². The summed E-state index contributed by atoms with van der Waals surface area (Å²) in [5.41, 5.74) is 1.12. The molecule has 2 aliphatic rings. The molecule has 1 N–H and O–H groups in total. The topological polar surface area (TPSA) is 32.3 Å². The standard InChI is InChI=1S/C15H20N2O/c18-15(16-13-8-9-13)14(17-10-4-5-11-17)12-6-2-1-3-7-12/h1-3,6-7,13-14H,4-5,8-11H2,(H,16,18)/t14-/m1/s1. The van der Waals surface area contributed by atoms with Gasteiger partial charge in [0.2, 0.25) is 5.91 Å². The Morgan fingerprint density at radius 3 is 2.44 bits per heavy atom. The average Bonchev–Trinajstić information content (AvgIpc) is 3.04. The van der Waals surface area contributed by atoms with Crippen LogP contribution in [0.15, 0.2) is 30.3 Å². The zero-order chi connectivity index (χ0) is 12.4. The molecule has 0 radical (unpaired) electrons. The fourth-order valence-electron chi connectivity index (χ4n) is 2.67. The predicted molar refractivity (Wildman–Crippen MR) is 71.2 cm³/mol. The van der Waals surface area contributed by atoms with E-state index in [4.69, 9.17) is 0 Å². The Kier molecular flexibility index (Phi) is 3.33. The lowest BCUT2D eigenvalue weighted by Gasteiger charge is -2.26. The number of likely N-dealkylation sites (tertiary alicyclic amines) is 1. The van der Waals surface area contributed by atoms with Gasteiger partial charge >= 0.3 is 0 Å². The molecule has 18 heavy (non-hydrogen) atoms. The molecule has 2 fully saturated rings. The Bertz CT molecular complexity index is 408. The summed E-state index contributed by atoms with van der Waals surface area (Å²) in [5.74, 6) is 0.186. The van der Waals surface area contributed by atoms with E-state index in [0.717, 1.165) is 31.5 Å². The molecular weight excluding hydrogens is 224 g/mol. The number of carbonyl (C=O) groups excluding carboxylic acids is 1. The second-order valence-corrected chi connectivity index (χ2v) is 5.34. The van der Waals surface area contributed by atoms with Crippen molar-refractivity contribution >= 4 is 5.91 Å². The highest BCUT2D eigenvalue weighted by Crippen LogP contribution is 2.27. The van der Waals surface area contributed by atoms with Crippen LogP contribution in [0.2, 0.25) is 0 Å². The van der Waals surface area contributed by atoms with Crippen LogP contribution in [0.3, 0.4) is 0 Å². The molecular formula is C15H20N2O. The van der Waals surface area contributed by atoms with E-state index >= 15 is 0 Å². The summed E-state index contributed by atoms with van der Waals surface area (Å²) in [6.45, 7) is 2.08. The fourth-order valence-corrected chi connectivity index (χ4v) is 2.67. The van der Waals surface area contributed by atoms with Crippen molar-refractivity contribution in [3.8, 4) is 0 Å². The lowest BCUT2D eigenvalue weighted by Crippen LogP contribution is -2.40. The smallest absolute Gasteiger partial charge is 0.242 e. The second kappa shape index (κ2) is 5.11. The molecule has 1 aromatic carbocycles. The molecule has 0 unspecified atom stereocenters. The first-order valence-electron chi connectivity index (χ1n) is 6.94. The molecule has 96 valence electrons. The fraction of sp³-hybridized carbons (Fsp3) is 0.533. The predicted octanol–water partition coefficient (Wildman–Crippen LogP) is 2.10. The van der Waals surface area contributed by atoms with Crippen LogP contribution in [-0.2, 0) is 4.79 Å². The van der Waals surface area contributed by atoms with Gasteiger partial charge in [-0.05, 0) is 44.3 Å². The van der Waals surface area contributed by atoms with Crippen LogP contribution < -0.4 is 5.32 Å². The zero-order valence-corrected chi connectivity index (χ0v) is 10.6. The van der Waals surface area contributed by atoms with Gasteiger partial charge in [0.25, 0.3) is 0 Å². The summed E-state index contributed by atoms with van der Waals surface area (Å²) >= 11 is 0. The summed E-state index contributed by atoms with van der Waals surface area (Å²) in [6.07, 6.45) is 4.71. The Morgan fingerprint density at radius 2 is 1.83 bits per heavy atom. The monoisotopic (exact) mass is 244 g/mol. The van der Waals surface area contributed by atoms with E-state index in [1.54, 1.807) is 0 Å². The van der Waals surface area contributed by atoms with Crippen LogP contribution in [0.1, 0.15) is 37.3 Å². The van der Waals surface area contributed by atoms with E-state index in [2.05, 4.69) is 22.3 Å². The minimum absolute atomic E-state index is 0.0886. The van der Waals surface area contributed by atoms with Crippen molar-refractivity contribution < 1.29 is 4.79 Å². The summed E-state index contributed by atoms with van der Waals surface area (Å²) < 4.78 is 0. The van der Waals surface area contributed by atoms with Crippen molar-refractivity contribution in [2.45, 2.75) is 37.8 Å². The van der Waals surface area contributed by atoms with Gasteiger partial charge in [-0.3, -0.25) is 9.69 Å². The molecule has 1 aliphatic carbocycles. The van der Waals surface area contributed by atoms with Gasteiger partial charge in [-0.2, -0.15) is 0 Å². The molecule has 0 bridgehead atoms. The highest BCUT2D eigenvalue weighted by molar-refractivity contribution is 5.83. The lowest BCUT2D eigenvalue weighted by molar-refractivity contribution is -0.126. The summed E-state index contributed by atoms with van der Waals surface area (Å²) in [7, 11) is 0. The molecule has 1 atom stereocenters. The third-order valence-electron chi connectivity index (χ3n) is 3.79. The third kappa shape index (κ3) is 2.56. The third-order valence-corrected chi connectivity index (χ3v) is 3.79. The van der Waals surface area contributed by atoms with E-state index in [1.165, 1.54) is 12.8 Å². The molecule has 3 nitrogen and oxygen atoms in total. The summed E-state index contributed by atoms with van der Waals surface area (Å²) in [6, 6.07) is 10.5.